The molecule has 1 aliphatic heterocycles. The molecule has 2 N–H and O–H groups in total. The molecule has 0 saturated heterocycles. The SMILES string of the molecule is O=C(CC1(O)C(=O)Nc2cc(Br)ccc21)c1ccncc1. The van der Waals surface area contributed by atoms with Crippen LogP contribution in [0.25, 0.3) is 0 Å². The molecule has 6 heteroatoms. The van der Waals surface area contributed by atoms with Crippen LogP contribution in [0.1, 0.15) is 22.3 Å². The highest BCUT2D eigenvalue weighted by Crippen LogP contribution is 2.40. The normalized spacial score (nSPS) is 20.0. The van der Waals surface area contributed by atoms with Gasteiger partial charge in [-0.15, -0.1) is 0 Å². The van der Waals surface area contributed by atoms with E-state index in [9.17, 15) is 14.7 Å². The Kier molecular flexibility index (Phi) is 3.35. The average molecular weight is 347 g/mol. The number of Topliss-reactive ketones (excluding diaryl/α,β-unsaturated/α-hetero) is 1. The smallest absolute Gasteiger partial charge is 0.261 e. The highest BCUT2D eigenvalue weighted by molar-refractivity contribution is 9.10. The van der Waals surface area contributed by atoms with E-state index in [-0.39, 0.29) is 12.2 Å². The number of fused-ring (bicyclic) bond motifs is 1. The summed E-state index contributed by atoms with van der Waals surface area (Å²) in [6.07, 6.45) is 2.69. The highest BCUT2D eigenvalue weighted by Gasteiger charge is 2.46. The summed E-state index contributed by atoms with van der Waals surface area (Å²) < 4.78 is 0.784. The van der Waals surface area contributed by atoms with Crippen LogP contribution in [0.15, 0.2) is 47.2 Å². The minimum Gasteiger partial charge on any atom is -0.375 e. The van der Waals surface area contributed by atoms with Crippen LogP contribution in [0.5, 0.6) is 0 Å². The summed E-state index contributed by atoms with van der Waals surface area (Å²) in [4.78, 5) is 28.2. The fourth-order valence-corrected chi connectivity index (χ4v) is 2.74. The van der Waals surface area contributed by atoms with Gasteiger partial charge in [-0.25, -0.2) is 0 Å². The van der Waals surface area contributed by atoms with Gasteiger partial charge in [-0.2, -0.15) is 0 Å². The summed E-state index contributed by atoms with van der Waals surface area (Å²) in [5.74, 6) is -0.899. The monoisotopic (exact) mass is 346 g/mol. The quantitative estimate of drug-likeness (QED) is 0.835. The lowest BCUT2D eigenvalue weighted by Crippen LogP contribution is -2.36. The van der Waals surface area contributed by atoms with Crippen LogP contribution in [0.4, 0.5) is 5.69 Å². The van der Waals surface area contributed by atoms with Crippen LogP contribution < -0.4 is 5.32 Å². The lowest BCUT2D eigenvalue weighted by atomic mass is 9.88. The maximum Gasteiger partial charge on any atom is 0.261 e. The second kappa shape index (κ2) is 5.05. The largest absolute Gasteiger partial charge is 0.375 e. The second-order valence-electron chi connectivity index (χ2n) is 4.84. The van der Waals surface area contributed by atoms with E-state index in [1.807, 2.05) is 0 Å². The first-order valence-corrected chi connectivity index (χ1v) is 7.07. The summed E-state index contributed by atoms with van der Waals surface area (Å²) in [5, 5.41) is 13.3. The summed E-state index contributed by atoms with van der Waals surface area (Å²) >= 11 is 3.30. The van der Waals surface area contributed by atoms with E-state index in [0.717, 1.165) is 4.47 Å². The third kappa shape index (κ3) is 2.36. The van der Waals surface area contributed by atoms with Gasteiger partial charge >= 0.3 is 0 Å². The van der Waals surface area contributed by atoms with E-state index in [0.29, 0.717) is 16.8 Å². The molecule has 0 saturated carbocycles. The number of aromatic nitrogens is 1. The molecule has 0 radical (unpaired) electrons. The van der Waals surface area contributed by atoms with Gasteiger partial charge in [0, 0.05) is 33.7 Å². The maximum atomic E-state index is 12.3. The standard InChI is InChI=1S/C15H11BrN2O3/c16-10-1-2-11-12(7-10)18-14(20)15(11,21)8-13(19)9-3-5-17-6-4-9/h1-7,21H,8H2,(H,18,20). The van der Waals surface area contributed by atoms with Crippen molar-refractivity contribution in [1.82, 2.24) is 4.98 Å². The highest BCUT2D eigenvalue weighted by atomic mass is 79.9. The van der Waals surface area contributed by atoms with Crippen molar-refractivity contribution in [3.63, 3.8) is 0 Å². The molecule has 1 aromatic carbocycles. The van der Waals surface area contributed by atoms with Gasteiger partial charge in [-0.3, -0.25) is 14.6 Å². The number of ketones is 1. The first-order chi connectivity index (χ1) is 10.0. The maximum absolute atomic E-state index is 12.3. The molecule has 106 valence electrons. The average Bonchev–Trinajstić information content (AvgIpc) is 2.70. The van der Waals surface area contributed by atoms with Crippen LogP contribution >= 0.6 is 15.9 Å². The van der Waals surface area contributed by atoms with Crippen LogP contribution in [0.3, 0.4) is 0 Å². The molecule has 21 heavy (non-hydrogen) atoms. The number of aliphatic hydroxyl groups is 1. The minimum absolute atomic E-state index is 0.308. The minimum atomic E-state index is -1.84. The number of anilines is 1. The van der Waals surface area contributed by atoms with E-state index in [4.69, 9.17) is 0 Å². The number of hydrogen-bond donors (Lipinski definition) is 2. The lowest BCUT2D eigenvalue weighted by Gasteiger charge is -2.20. The van der Waals surface area contributed by atoms with Gasteiger partial charge in [0.1, 0.15) is 0 Å². The van der Waals surface area contributed by atoms with Crippen molar-refractivity contribution < 1.29 is 14.7 Å². The molecule has 2 heterocycles. The topological polar surface area (TPSA) is 79.3 Å². The van der Waals surface area contributed by atoms with Crippen molar-refractivity contribution in [1.29, 1.82) is 0 Å². The molecule has 1 aromatic heterocycles. The van der Waals surface area contributed by atoms with Crippen LogP contribution in [-0.2, 0) is 10.4 Å². The Hall–Kier alpha value is -2.05. The molecule has 1 aliphatic rings. The zero-order valence-corrected chi connectivity index (χ0v) is 12.4. The summed E-state index contributed by atoms with van der Waals surface area (Å²) in [7, 11) is 0. The first-order valence-electron chi connectivity index (χ1n) is 6.28. The molecule has 0 spiro atoms. The molecule has 2 aromatic rings. The number of benzene rings is 1. The Labute approximate surface area is 129 Å². The third-order valence-electron chi connectivity index (χ3n) is 3.47. The van der Waals surface area contributed by atoms with Crippen LogP contribution in [-0.4, -0.2) is 21.8 Å². The van der Waals surface area contributed by atoms with Crippen molar-refractivity contribution in [3.8, 4) is 0 Å². The number of carbonyl (C=O) groups is 2. The predicted octanol–water partition coefficient (Wildman–Crippen LogP) is 2.26. The summed E-state index contributed by atoms with van der Waals surface area (Å²) in [6.45, 7) is 0. The van der Waals surface area contributed by atoms with Crippen LogP contribution in [0, 0.1) is 0 Å². The van der Waals surface area contributed by atoms with Gasteiger partial charge in [-0.1, -0.05) is 22.0 Å². The van der Waals surface area contributed by atoms with Crippen molar-refractivity contribution in [3.05, 3.63) is 58.3 Å². The van der Waals surface area contributed by atoms with Crippen molar-refractivity contribution in [2.45, 2.75) is 12.0 Å². The van der Waals surface area contributed by atoms with Gasteiger partial charge in [0.2, 0.25) is 0 Å². The molecule has 0 bridgehead atoms. The van der Waals surface area contributed by atoms with E-state index < -0.39 is 11.5 Å². The Morgan fingerprint density at radius 1 is 1.29 bits per heavy atom. The Bertz CT molecular complexity index is 733. The Morgan fingerprint density at radius 2 is 2.00 bits per heavy atom. The lowest BCUT2D eigenvalue weighted by molar-refractivity contribution is -0.133. The zero-order valence-electron chi connectivity index (χ0n) is 10.8. The molecule has 5 nitrogen and oxygen atoms in total. The fourth-order valence-electron chi connectivity index (χ4n) is 2.38. The first kappa shape index (κ1) is 13.9. The van der Waals surface area contributed by atoms with Gasteiger partial charge in [0.15, 0.2) is 11.4 Å². The van der Waals surface area contributed by atoms with Gasteiger partial charge < -0.3 is 10.4 Å². The number of amides is 1. The van der Waals surface area contributed by atoms with Crippen LogP contribution in [0.2, 0.25) is 0 Å². The predicted molar refractivity (Wildman–Crippen MR) is 79.9 cm³/mol. The number of rotatable bonds is 3. The Morgan fingerprint density at radius 3 is 2.71 bits per heavy atom. The van der Waals surface area contributed by atoms with Gasteiger partial charge in [0.05, 0.1) is 6.42 Å². The fraction of sp³-hybridized carbons (Fsp3) is 0.133. The number of hydrogen-bond acceptors (Lipinski definition) is 4. The van der Waals surface area contributed by atoms with Crippen molar-refractivity contribution in [2.24, 2.45) is 0 Å². The van der Waals surface area contributed by atoms with E-state index in [1.54, 1.807) is 30.3 Å². The number of halogens is 1. The number of nitrogens with zero attached hydrogens (tertiary/aromatic N) is 1. The summed E-state index contributed by atoms with van der Waals surface area (Å²) in [6, 6.07) is 8.17. The number of nitrogens with one attached hydrogen (secondary N) is 1. The molecular weight excluding hydrogens is 336 g/mol. The molecule has 3 rings (SSSR count). The van der Waals surface area contributed by atoms with Gasteiger partial charge in [-0.05, 0) is 24.3 Å². The molecule has 1 amide bonds. The zero-order chi connectivity index (χ0) is 15.0. The second-order valence-corrected chi connectivity index (χ2v) is 5.76. The molecular formula is C15H11BrN2O3. The number of pyridine rings is 1. The third-order valence-corrected chi connectivity index (χ3v) is 3.96. The summed E-state index contributed by atoms with van der Waals surface area (Å²) in [5.41, 5.74) is -0.495. The van der Waals surface area contributed by atoms with Gasteiger partial charge in [0.25, 0.3) is 5.91 Å². The number of carbonyl (C=O) groups excluding carboxylic acids is 2. The molecule has 1 atom stereocenters. The molecule has 0 aliphatic carbocycles. The molecule has 1 unspecified atom stereocenters. The molecule has 0 fully saturated rings. The van der Waals surface area contributed by atoms with Crippen molar-refractivity contribution in [2.75, 3.05) is 5.32 Å². The van der Waals surface area contributed by atoms with E-state index in [1.165, 1.54) is 12.4 Å². The van der Waals surface area contributed by atoms with E-state index >= 15 is 0 Å². The van der Waals surface area contributed by atoms with E-state index in [2.05, 4.69) is 26.2 Å². The van der Waals surface area contributed by atoms with Crippen molar-refractivity contribution >= 4 is 33.3 Å². The Balaban J connectivity index is 1.95.